The van der Waals surface area contributed by atoms with Crippen LogP contribution in [0.15, 0.2) is 60.7 Å². The van der Waals surface area contributed by atoms with Crippen LogP contribution >= 0.6 is 11.6 Å². The van der Waals surface area contributed by atoms with Crippen molar-refractivity contribution in [3.05, 3.63) is 87.9 Å². The van der Waals surface area contributed by atoms with Crippen LogP contribution in [0, 0.1) is 0 Å². The first-order valence-electron chi connectivity index (χ1n) is 12.4. The molecule has 7 nitrogen and oxygen atoms in total. The fourth-order valence-electron chi connectivity index (χ4n) is 4.62. The number of anilines is 1. The van der Waals surface area contributed by atoms with Crippen molar-refractivity contribution in [1.82, 2.24) is 0 Å². The number of alkyl halides is 3. The molecule has 0 spiro atoms. The van der Waals surface area contributed by atoms with Crippen molar-refractivity contribution in [2.24, 2.45) is 0 Å². The van der Waals surface area contributed by atoms with Gasteiger partial charge in [-0.05, 0) is 48.9 Å². The third-order valence-corrected chi connectivity index (χ3v) is 6.67. The number of hydrogen-bond acceptors (Lipinski definition) is 6. The minimum absolute atomic E-state index is 0.0447. The number of methoxy groups -OCH3 is 2. The molecule has 2 atom stereocenters. The van der Waals surface area contributed by atoms with Crippen LogP contribution in [0.3, 0.4) is 0 Å². The molecular weight excluding hydrogens is 551 g/mol. The molecule has 212 valence electrons. The lowest BCUT2D eigenvalue weighted by Gasteiger charge is -2.26. The van der Waals surface area contributed by atoms with Gasteiger partial charge in [-0.2, -0.15) is 13.2 Å². The largest absolute Gasteiger partial charge is 0.497 e. The van der Waals surface area contributed by atoms with Gasteiger partial charge in [0.25, 0.3) is 5.91 Å². The summed E-state index contributed by atoms with van der Waals surface area (Å²) in [7, 11) is 2.97. The number of ether oxygens (including phenoxy) is 4. The van der Waals surface area contributed by atoms with E-state index in [2.05, 4.69) is 0 Å². The number of halogens is 4. The van der Waals surface area contributed by atoms with Gasteiger partial charge in [0.05, 0.1) is 45.0 Å². The number of fused-ring (bicyclic) bond motifs is 1. The van der Waals surface area contributed by atoms with Gasteiger partial charge in [0, 0.05) is 22.2 Å². The highest BCUT2D eigenvalue weighted by atomic mass is 35.5. The Morgan fingerprint density at radius 1 is 1.02 bits per heavy atom. The van der Waals surface area contributed by atoms with Crippen molar-refractivity contribution >= 4 is 29.2 Å². The van der Waals surface area contributed by atoms with Crippen molar-refractivity contribution in [3.63, 3.8) is 0 Å². The van der Waals surface area contributed by atoms with Crippen molar-refractivity contribution in [3.8, 4) is 11.5 Å². The summed E-state index contributed by atoms with van der Waals surface area (Å²) in [6.07, 6.45) is -8.05. The second-order valence-electron chi connectivity index (χ2n) is 8.90. The summed E-state index contributed by atoms with van der Waals surface area (Å²) in [5.74, 6) is -0.410. The van der Waals surface area contributed by atoms with Crippen molar-refractivity contribution in [1.29, 1.82) is 0 Å². The Kier molecular flexibility index (Phi) is 8.90. The number of esters is 1. The van der Waals surface area contributed by atoms with Crippen LogP contribution in [0.4, 0.5) is 18.9 Å². The first-order chi connectivity index (χ1) is 19.1. The summed E-state index contributed by atoms with van der Waals surface area (Å²) >= 11 is 6.31. The molecule has 1 heterocycles. The van der Waals surface area contributed by atoms with E-state index in [1.165, 1.54) is 49.5 Å². The molecule has 1 amide bonds. The van der Waals surface area contributed by atoms with Gasteiger partial charge in [-0.1, -0.05) is 29.8 Å². The topological polar surface area (TPSA) is 74.3 Å². The van der Waals surface area contributed by atoms with E-state index in [1.807, 2.05) is 0 Å². The van der Waals surface area contributed by atoms with E-state index in [9.17, 15) is 22.8 Å². The van der Waals surface area contributed by atoms with Gasteiger partial charge in [-0.3, -0.25) is 9.59 Å². The summed E-state index contributed by atoms with van der Waals surface area (Å²) in [5.41, 5.74) is -0.0545. The molecule has 0 N–H and O–H groups in total. The van der Waals surface area contributed by atoms with Crippen LogP contribution in [0.2, 0.25) is 5.02 Å². The van der Waals surface area contributed by atoms with Gasteiger partial charge in [0.2, 0.25) is 0 Å². The Morgan fingerprint density at radius 3 is 2.45 bits per heavy atom. The first-order valence-corrected chi connectivity index (χ1v) is 12.7. The summed E-state index contributed by atoms with van der Waals surface area (Å²) in [6, 6.07) is 14.5. The maximum atomic E-state index is 14.1. The molecule has 1 aliphatic rings. The molecule has 1 unspecified atom stereocenters. The molecule has 0 saturated heterocycles. The average Bonchev–Trinajstić information content (AvgIpc) is 3.03. The van der Waals surface area contributed by atoms with E-state index in [0.29, 0.717) is 17.1 Å². The second kappa shape index (κ2) is 12.2. The van der Waals surface area contributed by atoms with Crippen molar-refractivity contribution < 1.29 is 41.7 Å². The number of benzene rings is 3. The van der Waals surface area contributed by atoms with Gasteiger partial charge in [0.15, 0.2) is 0 Å². The zero-order valence-electron chi connectivity index (χ0n) is 22.0. The minimum atomic E-state index is -4.71. The highest BCUT2D eigenvalue weighted by molar-refractivity contribution is 6.30. The third kappa shape index (κ3) is 6.18. The van der Waals surface area contributed by atoms with Crippen LogP contribution in [-0.2, 0) is 31.8 Å². The maximum Gasteiger partial charge on any atom is 0.416 e. The molecule has 0 saturated carbocycles. The fraction of sp³-hybridized carbons (Fsp3) is 0.310. The Labute approximate surface area is 234 Å². The molecule has 0 radical (unpaired) electrons. The van der Waals surface area contributed by atoms with Gasteiger partial charge in [-0.15, -0.1) is 0 Å². The van der Waals surface area contributed by atoms with Gasteiger partial charge in [-0.25, -0.2) is 0 Å². The van der Waals surface area contributed by atoms with Crippen LogP contribution in [-0.4, -0.2) is 38.8 Å². The first kappa shape index (κ1) is 29.2. The molecule has 0 aromatic heterocycles. The number of amides is 1. The lowest BCUT2D eigenvalue weighted by molar-refractivity contribution is -0.152. The number of rotatable bonds is 8. The van der Waals surface area contributed by atoms with Crippen molar-refractivity contribution in [2.45, 2.75) is 38.3 Å². The van der Waals surface area contributed by atoms with E-state index in [0.717, 1.165) is 6.07 Å². The Morgan fingerprint density at radius 2 is 1.77 bits per heavy atom. The average molecular weight is 578 g/mol. The standard InChI is InChI=1S/C29H27ClF3NO6/c1-4-39-26(35)15-25-28(36)34(16-17-9-11-19(37-2)14-24(17)38-3)23-12-10-18(30)13-21(23)27(40-25)20-7-5-6-8-22(20)29(31,32)33/h5-14,25,27H,4,15-16H2,1-3H3/t25?,27-/m1/s1. The van der Waals surface area contributed by atoms with E-state index >= 15 is 0 Å². The SMILES string of the molecule is CCOC(=O)CC1O[C@H](c2ccccc2C(F)(F)F)c2cc(Cl)ccc2N(Cc2ccc(OC)cc2OC)C1=O. The summed E-state index contributed by atoms with van der Waals surface area (Å²) in [5, 5.41) is 0.232. The zero-order valence-corrected chi connectivity index (χ0v) is 22.7. The third-order valence-electron chi connectivity index (χ3n) is 6.43. The molecule has 3 aromatic carbocycles. The molecular formula is C29H27ClF3NO6. The van der Waals surface area contributed by atoms with Gasteiger partial charge >= 0.3 is 12.1 Å². The molecule has 4 rings (SSSR count). The van der Waals surface area contributed by atoms with Crippen LogP contribution in [0.25, 0.3) is 0 Å². The number of hydrogen-bond donors (Lipinski definition) is 0. The van der Waals surface area contributed by atoms with E-state index in [-0.39, 0.29) is 35.0 Å². The summed E-state index contributed by atoms with van der Waals surface area (Å²) < 4.78 is 64.2. The highest BCUT2D eigenvalue weighted by Gasteiger charge is 2.42. The van der Waals surface area contributed by atoms with Gasteiger partial charge < -0.3 is 23.8 Å². The zero-order chi connectivity index (χ0) is 29.0. The fourth-order valence-corrected chi connectivity index (χ4v) is 4.80. The predicted molar refractivity (Wildman–Crippen MR) is 142 cm³/mol. The molecule has 0 bridgehead atoms. The maximum absolute atomic E-state index is 14.1. The molecule has 11 heteroatoms. The van der Waals surface area contributed by atoms with Crippen molar-refractivity contribution in [2.75, 3.05) is 25.7 Å². The van der Waals surface area contributed by atoms with E-state index in [4.69, 9.17) is 30.5 Å². The monoisotopic (exact) mass is 577 g/mol. The number of carbonyl (C=O) groups is 2. The lowest BCUT2D eigenvalue weighted by Crippen LogP contribution is -2.40. The molecule has 40 heavy (non-hydrogen) atoms. The van der Waals surface area contributed by atoms with Crippen LogP contribution in [0.1, 0.15) is 41.7 Å². The quantitative estimate of drug-likeness (QED) is 0.291. The molecule has 1 aliphatic heterocycles. The number of carbonyl (C=O) groups excluding carboxylic acids is 2. The molecule has 3 aromatic rings. The second-order valence-corrected chi connectivity index (χ2v) is 9.34. The number of nitrogens with zero attached hydrogens (tertiary/aromatic N) is 1. The highest BCUT2D eigenvalue weighted by Crippen LogP contribution is 2.44. The van der Waals surface area contributed by atoms with Crippen LogP contribution in [0.5, 0.6) is 11.5 Å². The molecule has 0 aliphatic carbocycles. The van der Waals surface area contributed by atoms with Crippen LogP contribution < -0.4 is 14.4 Å². The lowest BCUT2D eigenvalue weighted by atomic mass is 9.94. The Hall–Kier alpha value is -3.76. The smallest absolute Gasteiger partial charge is 0.416 e. The minimum Gasteiger partial charge on any atom is -0.497 e. The normalized spacial score (nSPS) is 17.2. The van der Waals surface area contributed by atoms with Gasteiger partial charge in [0.1, 0.15) is 23.7 Å². The Balaban J connectivity index is 1.91. The Bertz CT molecular complexity index is 1400. The molecule has 0 fully saturated rings. The van der Waals surface area contributed by atoms with E-state index < -0.39 is 42.2 Å². The predicted octanol–water partition coefficient (Wildman–Crippen LogP) is 6.35. The summed E-state index contributed by atoms with van der Waals surface area (Å²) in [4.78, 5) is 27.8. The summed E-state index contributed by atoms with van der Waals surface area (Å²) in [6.45, 7) is 1.62. The van der Waals surface area contributed by atoms with E-state index in [1.54, 1.807) is 31.2 Å².